The number of benzene rings is 3. The number of halogens is 3. The normalized spacial score (nSPS) is 12.5. The zero-order valence-corrected chi connectivity index (χ0v) is 24.3. The third-order valence-corrected chi connectivity index (χ3v) is 8.06. The Labute approximate surface area is 238 Å². The third-order valence-electron chi connectivity index (χ3n) is 5.73. The molecule has 0 saturated carbocycles. The van der Waals surface area contributed by atoms with Crippen molar-refractivity contribution >= 4 is 50.7 Å². The topological polar surface area (TPSA) is 86.8 Å². The minimum Gasteiger partial charge on any atom is -0.350 e. The average molecular weight is 595 g/mol. The Hall–Kier alpha value is -3.14. The highest BCUT2D eigenvalue weighted by Gasteiger charge is 2.33. The molecular weight excluding hydrogens is 564 g/mol. The van der Waals surface area contributed by atoms with Crippen molar-refractivity contribution in [3.8, 4) is 0 Å². The molecule has 0 aliphatic heterocycles. The molecule has 0 spiro atoms. The van der Waals surface area contributed by atoms with Gasteiger partial charge < -0.3 is 10.2 Å². The Kier molecular flexibility index (Phi) is 9.64. The fraction of sp³-hybridized carbons (Fsp3) is 0.286. The first-order chi connectivity index (χ1) is 18.2. The van der Waals surface area contributed by atoms with Gasteiger partial charge in [0.25, 0.3) is 10.0 Å². The van der Waals surface area contributed by atoms with Crippen LogP contribution in [0.1, 0.15) is 33.3 Å². The van der Waals surface area contributed by atoms with Crippen molar-refractivity contribution in [2.45, 2.75) is 50.7 Å². The Morgan fingerprint density at radius 3 is 2.15 bits per heavy atom. The summed E-state index contributed by atoms with van der Waals surface area (Å²) in [5.41, 5.74) is 0.121. The number of sulfonamides is 1. The van der Waals surface area contributed by atoms with Gasteiger partial charge in [0.1, 0.15) is 18.4 Å². The van der Waals surface area contributed by atoms with Gasteiger partial charge in [-0.25, -0.2) is 12.8 Å². The largest absolute Gasteiger partial charge is 0.350 e. The molecule has 0 fully saturated rings. The van der Waals surface area contributed by atoms with Gasteiger partial charge in [0.05, 0.1) is 15.6 Å². The van der Waals surface area contributed by atoms with Gasteiger partial charge in [-0.2, -0.15) is 0 Å². The second-order valence-corrected chi connectivity index (χ2v) is 12.7. The van der Waals surface area contributed by atoms with Crippen molar-refractivity contribution in [3.05, 3.63) is 94.2 Å². The Morgan fingerprint density at radius 2 is 1.59 bits per heavy atom. The van der Waals surface area contributed by atoms with Crippen LogP contribution < -0.4 is 9.62 Å². The number of hydrogen-bond acceptors (Lipinski definition) is 4. The van der Waals surface area contributed by atoms with Gasteiger partial charge in [-0.15, -0.1) is 0 Å². The van der Waals surface area contributed by atoms with E-state index in [1.165, 1.54) is 23.1 Å². The van der Waals surface area contributed by atoms with E-state index < -0.39 is 45.8 Å². The van der Waals surface area contributed by atoms with Crippen LogP contribution in [0.15, 0.2) is 77.7 Å². The number of amides is 2. The summed E-state index contributed by atoms with van der Waals surface area (Å²) in [6.45, 7) is 6.36. The summed E-state index contributed by atoms with van der Waals surface area (Å²) in [4.78, 5) is 28.2. The predicted molar refractivity (Wildman–Crippen MR) is 152 cm³/mol. The van der Waals surface area contributed by atoms with Crippen molar-refractivity contribution in [3.63, 3.8) is 0 Å². The molecule has 208 valence electrons. The molecule has 1 N–H and O–H groups in total. The quantitative estimate of drug-likeness (QED) is 0.347. The standard InChI is InChI=1S/C28H30Cl2FN3O4S/c1-19(27(36)32-28(2,3)4)33(17-20-10-12-21(29)13-11-20)26(35)18-34(22-14-15-25(31)24(30)16-22)39(37,38)23-8-6-5-7-9-23/h5-16,19H,17-18H2,1-4H3,(H,32,36)/t19-/m1/s1. The Balaban J connectivity index is 2.04. The van der Waals surface area contributed by atoms with Gasteiger partial charge in [-0.05, 0) is 75.7 Å². The summed E-state index contributed by atoms with van der Waals surface area (Å²) in [6.07, 6.45) is 0. The molecule has 3 aromatic carbocycles. The molecule has 1 atom stereocenters. The van der Waals surface area contributed by atoms with Crippen LogP contribution in [-0.2, 0) is 26.2 Å². The molecule has 0 heterocycles. The van der Waals surface area contributed by atoms with E-state index in [2.05, 4.69) is 5.32 Å². The molecular formula is C28H30Cl2FN3O4S. The summed E-state index contributed by atoms with van der Waals surface area (Å²) < 4.78 is 42.2. The van der Waals surface area contributed by atoms with Crippen molar-refractivity contribution in [1.82, 2.24) is 10.2 Å². The van der Waals surface area contributed by atoms with Gasteiger partial charge in [0.15, 0.2) is 0 Å². The second kappa shape index (κ2) is 12.4. The average Bonchev–Trinajstić information content (AvgIpc) is 2.87. The van der Waals surface area contributed by atoms with E-state index in [4.69, 9.17) is 23.2 Å². The maximum absolute atomic E-state index is 13.9. The van der Waals surface area contributed by atoms with Crippen molar-refractivity contribution < 1.29 is 22.4 Å². The second-order valence-electron chi connectivity index (χ2n) is 9.99. The van der Waals surface area contributed by atoms with Crippen LogP contribution in [0.2, 0.25) is 10.0 Å². The smallest absolute Gasteiger partial charge is 0.264 e. The van der Waals surface area contributed by atoms with Crippen LogP contribution in [0.3, 0.4) is 0 Å². The lowest BCUT2D eigenvalue weighted by atomic mass is 10.1. The van der Waals surface area contributed by atoms with Gasteiger partial charge in [0, 0.05) is 17.1 Å². The van der Waals surface area contributed by atoms with E-state index >= 15 is 0 Å². The van der Waals surface area contributed by atoms with E-state index in [0.29, 0.717) is 10.6 Å². The summed E-state index contributed by atoms with van der Waals surface area (Å²) in [5, 5.41) is 3.06. The van der Waals surface area contributed by atoms with Crippen LogP contribution >= 0.6 is 23.2 Å². The third kappa shape index (κ3) is 7.94. The molecule has 7 nitrogen and oxygen atoms in total. The SMILES string of the molecule is C[C@H](C(=O)NC(C)(C)C)N(Cc1ccc(Cl)cc1)C(=O)CN(c1ccc(F)c(Cl)c1)S(=O)(=O)c1ccccc1. The van der Waals surface area contributed by atoms with Gasteiger partial charge >= 0.3 is 0 Å². The number of nitrogens with zero attached hydrogens (tertiary/aromatic N) is 2. The van der Waals surface area contributed by atoms with E-state index in [1.807, 2.05) is 20.8 Å². The van der Waals surface area contributed by atoms with E-state index in [0.717, 1.165) is 16.4 Å². The van der Waals surface area contributed by atoms with E-state index in [1.54, 1.807) is 49.4 Å². The molecule has 0 aliphatic rings. The summed E-state index contributed by atoms with van der Waals surface area (Å²) >= 11 is 12.0. The molecule has 0 unspecified atom stereocenters. The highest BCUT2D eigenvalue weighted by molar-refractivity contribution is 7.92. The Morgan fingerprint density at radius 1 is 0.974 bits per heavy atom. The molecule has 3 aromatic rings. The molecule has 11 heteroatoms. The van der Waals surface area contributed by atoms with Crippen LogP contribution in [0, 0.1) is 5.82 Å². The van der Waals surface area contributed by atoms with Gasteiger partial charge in [0.2, 0.25) is 11.8 Å². The van der Waals surface area contributed by atoms with Crippen LogP contribution in [0.4, 0.5) is 10.1 Å². The molecule has 0 saturated heterocycles. The Bertz CT molecular complexity index is 1430. The zero-order chi connectivity index (χ0) is 29.0. The molecule has 39 heavy (non-hydrogen) atoms. The molecule has 3 rings (SSSR count). The maximum Gasteiger partial charge on any atom is 0.264 e. The number of carbonyl (C=O) groups excluding carboxylic acids is 2. The number of rotatable bonds is 9. The first kappa shape index (κ1) is 30.4. The van der Waals surface area contributed by atoms with Gasteiger partial charge in [-0.1, -0.05) is 53.5 Å². The lowest BCUT2D eigenvalue weighted by Crippen LogP contribution is -2.54. The fourth-order valence-corrected chi connectivity index (χ4v) is 5.46. The monoisotopic (exact) mass is 593 g/mol. The summed E-state index contributed by atoms with van der Waals surface area (Å²) in [5.74, 6) is -1.80. The van der Waals surface area contributed by atoms with Crippen molar-refractivity contribution in [2.75, 3.05) is 10.8 Å². The van der Waals surface area contributed by atoms with Crippen LogP contribution in [0.25, 0.3) is 0 Å². The maximum atomic E-state index is 13.9. The number of hydrogen-bond donors (Lipinski definition) is 1. The number of carbonyl (C=O) groups is 2. The van der Waals surface area contributed by atoms with E-state index in [-0.39, 0.29) is 22.2 Å². The van der Waals surface area contributed by atoms with E-state index in [9.17, 15) is 22.4 Å². The minimum atomic E-state index is -4.28. The number of nitrogens with one attached hydrogen (secondary N) is 1. The zero-order valence-electron chi connectivity index (χ0n) is 22.0. The molecule has 0 radical (unpaired) electrons. The molecule has 0 bridgehead atoms. The van der Waals surface area contributed by atoms with Gasteiger partial charge in [-0.3, -0.25) is 13.9 Å². The summed E-state index contributed by atoms with van der Waals surface area (Å²) in [6, 6.07) is 16.7. The fourth-order valence-electron chi connectivity index (χ4n) is 3.73. The van der Waals surface area contributed by atoms with Crippen LogP contribution in [0.5, 0.6) is 0 Å². The molecule has 0 aliphatic carbocycles. The van der Waals surface area contributed by atoms with Crippen molar-refractivity contribution in [2.24, 2.45) is 0 Å². The summed E-state index contributed by atoms with van der Waals surface area (Å²) in [7, 11) is -4.28. The first-order valence-electron chi connectivity index (χ1n) is 12.1. The molecule has 2 amide bonds. The van der Waals surface area contributed by atoms with Crippen LogP contribution in [-0.4, -0.2) is 43.3 Å². The highest BCUT2D eigenvalue weighted by Crippen LogP contribution is 2.28. The number of anilines is 1. The predicted octanol–water partition coefficient (Wildman–Crippen LogP) is 5.66. The lowest BCUT2D eigenvalue weighted by molar-refractivity contribution is -0.140. The lowest BCUT2D eigenvalue weighted by Gasteiger charge is -2.33. The first-order valence-corrected chi connectivity index (χ1v) is 14.3. The molecule has 0 aromatic heterocycles. The van der Waals surface area contributed by atoms with Crippen molar-refractivity contribution in [1.29, 1.82) is 0 Å². The highest BCUT2D eigenvalue weighted by atomic mass is 35.5. The minimum absolute atomic E-state index is 0.00292.